The number of carbonyl (C=O) groups excluding carboxylic acids is 2. The Labute approximate surface area is 141 Å². The first-order valence-corrected chi connectivity index (χ1v) is 8.10. The number of ketones is 1. The first-order chi connectivity index (χ1) is 11.5. The maximum Gasteiger partial charge on any atom is 0.272 e. The van der Waals surface area contributed by atoms with Crippen molar-refractivity contribution in [1.29, 1.82) is 0 Å². The van der Waals surface area contributed by atoms with Crippen LogP contribution in [0.4, 0.5) is 0 Å². The van der Waals surface area contributed by atoms with E-state index in [4.69, 9.17) is 0 Å². The first-order valence-electron chi connectivity index (χ1n) is 8.10. The van der Waals surface area contributed by atoms with E-state index in [1.54, 1.807) is 13.1 Å². The Morgan fingerprint density at radius 1 is 1.29 bits per heavy atom. The minimum absolute atomic E-state index is 0.0306. The minimum atomic E-state index is -0.0306. The van der Waals surface area contributed by atoms with E-state index >= 15 is 0 Å². The molecule has 0 aliphatic carbocycles. The van der Waals surface area contributed by atoms with E-state index in [-0.39, 0.29) is 11.7 Å². The summed E-state index contributed by atoms with van der Waals surface area (Å²) in [6.07, 6.45) is 6.04. The van der Waals surface area contributed by atoms with E-state index in [0.717, 1.165) is 22.4 Å². The molecule has 5 nitrogen and oxygen atoms in total. The number of carbonyl (C=O) groups is 2. The van der Waals surface area contributed by atoms with Crippen molar-refractivity contribution in [3.8, 4) is 0 Å². The lowest BCUT2D eigenvalue weighted by Gasteiger charge is -2.30. The van der Waals surface area contributed by atoms with Crippen LogP contribution in [0.25, 0.3) is 5.65 Å². The summed E-state index contributed by atoms with van der Waals surface area (Å²) in [4.78, 5) is 30.7. The van der Waals surface area contributed by atoms with Crippen molar-refractivity contribution >= 4 is 17.3 Å². The quantitative estimate of drug-likeness (QED) is 0.816. The molecule has 0 atom stereocenters. The molecule has 1 aliphatic heterocycles. The van der Waals surface area contributed by atoms with Gasteiger partial charge in [-0.3, -0.25) is 14.0 Å². The molecule has 1 amide bonds. The molecule has 0 N–H and O–H groups in total. The number of aromatic nitrogens is 2. The highest BCUT2D eigenvalue weighted by molar-refractivity contribution is 5.98. The molecule has 0 saturated heterocycles. The second-order valence-electron chi connectivity index (χ2n) is 6.07. The average Bonchev–Trinajstić information content (AvgIpc) is 3.00. The number of Topliss-reactive ketones (excluding diaryl/α,β-unsaturated/α-hetero) is 1. The molecule has 0 fully saturated rings. The van der Waals surface area contributed by atoms with E-state index in [1.165, 1.54) is 0 Å². The maximum absolute atomic E-state index is 12.9. The lowest BCUT2D eigenvalue weighted by molar-refractivity contribution is -0.113. The van der Waals surface area contributed by atoms with Crippen molar-refractivity contribution in [3.05, 3.63) is 59.1 Å². The second kappa shape index (κ2) is 6.43. The Morgan fingerprint density at radius 3 is 2.75 bits per heavy atom. The zero-order valence-corrected chi connectivity index (χ0v) is 14.2. The van der Waals surface area contributed by atoms with Gasteiger partial charge in [0.05, 0.1) is 6.20 Å². The maximum atomic E-state index is 12.9. The van der Waals surface area contributed by atoms with Crippen LogP contribution in [0.1, 0.15) is 37.7 Å². The van der Waals surface area contributed by atoms with E-state index in [0.29, 0.717) is 25.2 Å². The number of hydrogen-bond acceptors (Lipinski definition) is 3. The Balaban J connectivity index is 1.87. The molecule has 0 radical (unpaired) electrons. The minimum Gasteiger partial charge on any atom is -0.333 e. The average molecular weight is 323 g/mol. The molecule has 0 spiro atoms. The van der Waals surface area contributed by atoms with Crippen LogP contribution in [-0.4, -0.2) is 39.1 Å². The second-order valence-corrected chi connectivity index (χ2v) is 6.07. The summed E-state index contributed by atoms with van der Waals surface area (Å²) in [7, 11) is 0. The smallest absolute Gasteiger partial charge is 0.272 e. The van der Waals surface area contributed by atoms with Crippen molar-refractivity contribution in [2.75, 3.05) is 13.1 Å². The molecular formula is C19H21N3O2. The molecule has 0 saturated carbocycles. The Hall–Kier alpha value is -2.69. The van der Waals surface area contributed by atoms with Crippen LogP contribution in [0.2, 0.25) is 0 Å². The predicted molar refractivity (Wildman–Crippen MR) is 92.9 cm³/mol. The number of amides is 1. The topological polar surface area (TPSA) is 54.7 Å². The molecule has 0 unspecified atom stereocenters. The number of rotatable bonds is 3. The molecule has 0 aromatic carbocycles. The van der Waals surface area contributed by atoms with Gasteiger partial charge in [-0.15, -0.1) is 0 Å². The van der Waals surface area contributed by atoms with Gasteiger partial charge in [-0.25, -0.2) is 4.98 Å². The summed E-state index contributed by atoms with van der Waals surface area (Å²) < 4.78 is 1.81. The third-order valence-corrected chi connectivity index (χ3v) is 4.49. The van der Waals surface area contributed by atoms with Gasteiger partial charge in [0, 0.05) is 24.9 Å². The number of allylic oxidation sites excluding steroid dienone is 2. The summed E-state index contributed by atoms with van der Waals surface area (Å²) in [5.74, 6) is 0.0466. The molecule has 2 aromatic heterocycles. The Kier molecular flexibility index (Phi) is 4.34. The van der Waals surface area contributed by atoms with Gasteiger partial charge in [0.1, 0.15) is 11.3 Å². The highest BCUT2D eigenvalue weighted by Crippen LogP contribution is 2.26. The molecular weight excluding hydrogens is 302 g/mol. The SMILES string of the molecule is C/C=C(/C(C)=O)C1=C(C)CN(C(=O)c2cnc3ccccn23)CC1. The van der Waals surface area contributed by atoms with Gasteiger partial charge in [-0.1, -0.05) is 12.1 Å². The largest absolute Gasteiger partial charge is 0.333 e. The fourth-order valence-corrected chi connectivity index (χ4v) is 3.30. The van der Waals surface area contributed by atoms with Gasteiger partial charge in [-0.2, -0.15) is 0 Å². The van der Waals surface area contributed by atoms with Gasteiger partial charge < -0.3 is 4.90 Å². The van der Waals surface area contributed by atoms with E-state index < -0.39 is 0 Å². The third kappa shape index (κ3) is 2.77. The van der Waals surface area contributed by atoms with Crippen LogP contribution >= 0.6 is 0 Å². The zero-order chi connectivity index (χ0) is 17.3. The summed E-state index contributed by atoms with van der Waals surface area (Å²) in [5, 5.41) is 0. The van der Waals surface area contributed by atoms with Crippen LogP contribution in [0.3, 0.4) is 0 Å². The summed E-state index contributed by atoms with van der Waals surface area (Å²) in [5.41, 5.74) is 4.26. The highest BCUT2D eigenvalue weighted by Gasteiger charge is 2.25. The Bertz CT molecular complexity index is 874. The Morgan fingerprint density at radius 2 is 2.08 bits per heavy atom. The van der Waals surface area contributed by atoms with E-state index in [2.05, 4.69) is 4.98 Å². The van der Waals surface area contributed by atoms with E-state index in [1.807, 2.05) is 53.6 Å². The van der Waals surface area contributed by atoms with Crippen molar-refractivity contribution in [1.82, 2.24) is 14.3 Å². The number of fused-ring (bicyclic) bond motifs is 1. The number of hydrogen-bond donors (Lipinski definition) is 0. The molecule has 1 aliphatic rings. The summed E-state index contributed by atoms with van der Waals surface area (Å²) in [6.45, 7) is 6.61. The molecule has 124 valence electrons. The van der Waals surface area contributed by atoms with Crippen molar-refractivity contribution in [2.24, 2.45) is 0 Å². The van der Waals surface area contributed by atoms with Crippen molar-refractivity contribution in [2.45, 2.75) is 27.2 Å². The lowest BCUT2D eigenvalue weighted by Crippen LogP contribution is -2.37. The van der Waals surface area contributed by atoms with Gasteiger partial charge in [0.15, 0.2) is 5.78 Å². The molecule has 3 heterocycles. The highest BCUT2D eigenvalue weighted by atomic mass is 16.2. The van der Waals surface area contributed by atoms with Crippen LogP contribution in [0.5, 0.6) is 0 Å². The van der Waals surface area contributed by atoms with Crippen LogP contribution in [0, 0.1) is 0 Å². The number of pyridine rings is 1. The molecule has 24 heavy (non-hydrogen) atoms. The van der Waals surface area contributed by atoms with Gasteiger partial charge in [0.25, 0.3) is 5.91 Å². The van der Waals surface area contributed by atoms with Gasteiger partial charge >= 0.3 is 0 Å². The van der Waals surface area contributed by atoms with Gasteiger partial charge in [0.2, 0.25) is 0 Å². The molecule has 5 heteroatoms. The van der Waals surface area contributed by atoms with E-state index in [9.17, 15) is 9.59 Å². The predicted octanol–water partition coefficient (Wildman–Crippen LogP) is 3.03. The zero-order valence-electron chi connectivity index (χ0n) is 14.2. The molecule has 3 rings (SSSR count). The number of nitrogens with zero attached hydrogens (tertiary/aromatic N) is 3. The van der Waals surface area contributed by atoms with Crippen molar-refractivity contribution in [3.63, 3.8) is 0 Å². The fraction of sp³-hybridized carbons (Fsp3) is 0.316. The summed E-state index contributed by atoms with van der Waals surface area (Å²) >= 11 is 0. The molecule has 0 bridgehead atoms. The standard InChI is InChI=1S/C19H21N3O2/c1-4-15(14(3)23)16-8-10-21(12-13(16)2)19(24)17-11-20-18-7-5-6-9-22(17)18/h4-7,9,11H,8,10,12H2,1-3H3/b15-4-. The third-order valence-electron chi connectivity index (χ3n) is 4.49. The molecule has 2 aromatic rings. The monoisotopic (exact) mass is 323 g/mol. The summed E-state index contributed by atoms with van der Waals surface area (Å²) in [6, 6.07) is 5.66. The fourth-order valence-electron chi connectivity index (χ4n) is 3.30. The van der Waals surface area contributed by atoms with Crippen LogP contribution in [0.15, 0.2) is 53.4 Å². The van der Waals surface area contributed by atoms with Crippen molar-refractivity contribution < 1.29 is 9.59 Å². The number of imidazole rings is 1. The lowest BCUT2D eigenvalue weighted by atomic mass is 9.91. The van der Waals surface area contributed by atoms with Crippen LogP contribution in [-0.2, 0) is 4.79 Å². The van der Waals surface area contributed by atoms with Crippen LogP contribution < -0.4 is 0 Å². The first kappa shape index (κ1) is 16.2. The normalized spacial score (nSPS) is 16.0. The van der Waals surface area contributed by atoms with Gasteiger partial charge in [-0.05, 0) is 50.5 Å².